The first kappa shape index (κ1) is 18.0. The van der Waals surface area contributed by atoms with Crippen LogP contribution in [0.15, 0.2) is 36.4 Å². The SMILES string of the molecule is COc1ccc2ccccc2c1CNC(=O)C1CC12CCNCC2.Cl. The predicted molar refractivity (Wildman–Crippen MR) is 102 cm³/mol. The summed E-state index contributed by atoms with van der Waals surface area (Å²) in [6.07, 6.45) is 3.30. The summed E-state index contributed by atoms with van der Waals surface area (Å²) >= 11 is 0. The zero-order valence-electron chi connectivity index (χ0n) is 14.5. The molecule has 134 valence electrons. The van der Waals surface area contributed by atoms with E-state index >= 15 is 0 Å². The van der Waals surface area contributed by atoms with E-state index < -0.39 is 0 Å². The van der Waals surface area contributed by atoms with Crippen molar-refractivity contribution in [3.63, 3.8) is 0 Å². The molecular formula is C20H25ClN2O2. The normalized spacial score (nSPS) is 20.8. The van der Waals surface area contributed by atoms with Crippen molar-refractivity contribution in [2.75, 3.05) is 20.2 Å². The van der Waals surface area contributed by atoms with Crippen molar-refractivity contribution in [1.82, 2.24) is 10.6 Å². The van der Waals surface area contributed by atoms with E-state index in [2.05, 4.69) is 28.8 Å². The van der Waals surface area contributed by atoms with Crippen LogP contribution in [0, 0.1) is 11.3 Å². The molecule has 25 heavy (non-hydrogen) atoms. The monoisotopic (exact) mass is 360 g/mol. The van der Waals surface area contributed by atoms with Crippen LogP contribution in [0.4, 0.5) is 0 Å². The van der Waals surface area contributed by atoms with Crippen LogP contribution in [0.1, 0.15) is 24.8 Å². The van der Waals surface area contributed by atoms with E-state index in [1.54, 1.807) is 7.11 Å². The summed E-state index contributed by atoms with van der Waals surface area (Å²) in [6, 6.07) is 12.3. The highest BCUT2D eigenvalue weighted by Gasteiger charge is 2.57. The summed E-state index contributed by atoms with van der Waals surface area (Å²) < 4.78 is 5.51. The van der Waals surface area contributed by atoms with Gasteiger partial charge in [-0.05, 0) is 54.6 Å². The molecule has 1 saturated carbocycles. The van der Waals surface area contributed by atoms with Gasteiger partial charge in [0.2, 0.25) is 5.91 Å². The van der Waals surface area contributed by atoms with E-state index in [-0.39, 0.29) is 29.6 Å². The molecule has 4 nitrogen and oxygen atoms in total. The molecule has 2 N–H and O–H groups in total. The van der Waals surface area contributed by atoms with Gasteiger partial charge in [-0.25, -0.2) is 0 Å². The second kappa shape index (κ2) is 7.22. The molecule has 2 aromatic rings. The molecule has 5 heteroatoms. The average Bonchev–Trinajstić information content (AvgIpc) is 3.32. The number of methoxy groups -OCH3 is 1. The Morgan fingerprint density at radius 2 is 2.00 bits per heavy atom. The van der Waals surface area contributed by atoms with Gasteiger partial charge in [-0.1, -0.05) is 30.3 Å². The number of piperidine rings is 1. The average molecular weight is 361 g/mol. The van der Waals surface area contributed by atoms with Crippen LogP contribution in [-0.2, 0) is 11.3 Å². The molecule has 2 aliphatic rings. The Morgan fingerprint density at radius 3 is 2.76 bits per heavy atom. The Labute approximate surface area is 154 Å². The highest BCUT2D eigenvalue weighted by molar-refractivity contribution is 5.89. The lowest BCUT2D eigenvalue weighted by Gasteiger charge is -2.23. The van der Waals surface area contributed by atoms with E-state index in [1.165, 1.54) is 5.39 Å². The third kappa shape index (κ3) is 3.33. The van der Waals surface area contributed by atoms with Crippen LogP contribution in [0.3, 0.4) is 0 Å². The lowest BCUT2D eigenvalue weighted by atomic mass is 9.91. The Balaban J connectivity index is 0.00000182. The highest BCUT2D eigenvalue weighted by atomic mass is 35.5. The van der Waals surface area contributed by atoms with Gasteiger partial charge in [0.15, 0.2) is 0 Å². The molecule has 4 rings (SSSR count). The maximum atomic E-state index is 12.6. The van der Waals surface area contributed by atoms with E-state index in [4.69, 9.17) is 4.74 Å². The minimum Gasteiger partial charge on any atom is -0.496 e. The number of benzene rings is 2. The Morgan fingerprint density at radius 1 is 1.24 bits per heavy atom. The van der Waals surface area contributed by atoms with Gasteiger partial charge < -0.3 is 15.4 Å². The summed E-state index contributed by atoms with van der Waals surface area (Å²) in [7, 11) is 1.68. The first-order valence-electron chi connectivity index (χ1n) is 8.77. The van der Waals surface area contributed by atoms with Gasteiger partial charge in [0, 0.05) is 18.0 Å². The summed E-state index contributed by atoms with van der Waals surface area (Å²) in [4.78, 5) is 12.6. The van der Waals surface area contributed by atoms with Crippen LogP contribution in [0.2, 0.25) is 0 Å². The van der Waals surface area contributed by atoms with Gasteiger partial charge in [0.05, 0.1) is 7.11 Å². The first-order chi connectivity index (χ1) is 11.7. The molecule has 1 amide bonds. The number of carbonyl (C=O) groups excluding carboxylic acids is 1. The number of hydrogen-bond donors (Lipinski definition) is 2. The third-order valence-electron chi connectivity index (χ3n) is 5.76. The maximum absolute atomic E-state index is 12.6. The smallest absolute Gasteiger partial charge is 0.223 e. The van der Waals surface area contributed by atoms with Crippen molar-refractivity contribution in [3.05, 3.63) is 42.0 Å². The number of halogens is 1. The van der Waals surface area contributed by atoms with Crippen molar-refractivity contribution >= 4 is 29.1 Å². The van der Waals surface area contributed by atoms with E-state index in [9.17, 15) is 4.79 Å². The molecule has 1 aliphatic carbocycles. The molecule has 1 aliphatic heterocycles. The summed E-state index contributed by atoms with van der Waals surface area (Å²) in [5.41, 5.74) is 1.34. The first-order valence-corrected chi connectivity index (χ1v) is 8.77. The topological polar surface area (TPSA) is 50.4 Å². The summed E-state index contributed by atoms with van der Waals surface area (Å²) in [6.45, 7) is 2.61. The molecule has 1 saturated heterocycles. The van der Waals surface area contributed by atoms with Crippen LogP contribution in [-0.4, -0.2) is 26.1 Å². The van der Waals surface area contributed by atoms with Gasteiger partial charge in [0.1, 0.15) is 5.75 Å². The van der Waals surface area contributed by atoms with Gasteiger partial charge >= 0.3 is 0 Å². The quantitative estimate of drug-likeness (QED) is 0.879. The standard InChI is InChI=1S/C20H24N2O2.ClH/c1-24-18-7-6-14-4-2-3-5-15(14)16(18)13-22-19(23)17-12-20(17)8-10-21-11-9-20;/h2-7,17,21H,8-13H2,1H3,(H,22,23);1H. The minimum absolute atomic E-state index is 0. The second-order valence-corrected chi connectivity index (χ2v) is 7.05. The second-order valence-electron chi connectivity index (χ2n) is 7.05. The van der Waals surface area contributed by atoms with Crippen molar-refractivity contribution in [1.29, 1.82) is 0 Å². The molecule has 1 heterocycles. The molecule has 0 radical (unpaired) electrons. The number of amides is 1. The number of rotatable bonds is 4. The Kier molecular flexibility index (Phi) is 5.21. The summed E-state index contributed by atoms with van der Waals surface area (Å²) in [5.74, 6) is 1.23. The van der Waals surface area contributed by atoms with Crippen molar-refractivity contribution in [2.24, 2.45) is 11.3 Å². The molecule has 2 aromatic carbocycles. The zero-order valence-corrected chi connectivity index (χ0v) is 15.3. The number of hydrogen-bond acceptors (Lipinski definition) is 3. The lowest BCUT2D eigenvalue weighted by Crippen LogP contribution is -2.33. The van der Waals surface area contributed by atoms with Gasteiger partial charge in [0.25, 0.3) is 0 Å². The lowest BCUT2D eigenvalue weighted by molar-refractivity contribution is -0.123. The van der Waals surface area contributed by atoms with Crippen molar-refractivity contribution in [2.45, 2.75) is 25.8 Å². The van der Waals surface area contributed by atoms with Crippen LogP contribution >= 0.6 is 12.4 Å². The highest BCUT2D eigenvalue weighted by Crippen LogP contribution is 2.58. The zero-order chi connectivity index (χ0) is 16.6. The number of nitrogens with one attached hydrogen (secondary N) is 2. The number of carbonyl (C=O) groups is 1. The molecule has 1 spiro atoms. The van der Waals surface area contributed by atoms with Gasteiger partial charge in [-0.3, -0.25) is 4.79 Å². The van der Waals surface area contributed by atoms with E-state index in [0.717, 1.165) is 49.1 Å². The van der Waals surface area contributed by atoms with Gasteiger partial charge in [-0.2, -0.15) is 0 Å². The van der Waals surface area contributed by atoms with Gasteiger partial charge in [-0.15, -0.1) is 12.4 Å². The number of fused-ring (bicyclic) bond motifs is 1. The Bertz CT molecular complexity index is 771. The van der Waals surface area contributed by atoms with Crippen LogP contribution in [0.25, 0.3) is 10.8 Å². The minimum atomic E-state index is 0. The molecular weight excluding hydrogens is 336 g/mol. The molecule has 0 aromatic heterocycles. The molecule has 1 unspecified atom stereocenters. The third-order valence-corrected chi connectivity index (χ3v) is 5.76. The predicted octanol–water partition coefficient (Wildman–Crippen LogP) is 3.28. The Hall–Kier alpha value is -1.78. The van der Waals surface area contributed by atoms with E-state index in [1.807, 2.05) is 18.2 Å². The fraction of sp³-hybridized carbons (Fsp3) is 0.450. The molecule has 0 bridgehead atoms. The number of ether oxygens (including phenoxy) is 1. The van der Waals surface area contributed by atoms with E-state index in [0.29, 0.717) is 6.54 Å². The van der Waals surface area contributed by atoms with Crippen molar-refractivity contribution in [3.8, 4) is 5.75 Å². The van der Waals surface area contributed by atoms with Crippen LogP contribution < -0.4 is 15.4 Å². The fourth-order valence-electron chi connectivity index (χ4n) is 4.18. The molecule has 1 atom stereocenters. The largest absolute Gasteiger partial charge is 0.496 e. The fourth-order valence-corrected chi connectivity index (χ4v) is 4.18. The maximum Gasteiger partial charge on any atom is 0.223 e. The van der Waals surface area contributed by atoms with Crippen LogP contribution in [0.5, 0.6) is 5.75 Å². The van der Waals surface area contributed by atoms with Crippen molar-refractivity contribution < 1.29 is 9.53 Å². The summed E-state index contributed by atoms with van der Waals surface area (Å²) in [5, 5.41) is 8.86. The molecule has 2 fully saturated rings.